The highest BCUT2D eigenvalue weighted by Gasteiger charge is 2.41. The molecule has 1 aliphatic heterocycles. The van der Waals surface area contributed by atoms with Crippen molar-refractivity contribution in [2.24, 2.45) is 11.7 Å². The van der Waals surface area contributed by atoms with Crippen LogP contribution in [0.4, 0.5) is 0 Å². The van der Waals surface area contributed by atoms with E-state index >= 15 is 0 Å². The molecule has 0 atom stereocenters. The first-order valence-electron chi connectivity index (χ1n) is 7.84. The third-order valence-electron chi connectivity index (χ3n) is 4.85. The summed E-state index contributed by atoms with van der Waals surface area (Å²) in [4.78, 5) is 0. The third-order valence-corrected chi connectivity index (χ3v) is 7.17. The molecule has 21 heavy (non-hydrogen) atoms. The minimum atomic E-state index is -3.10. The standard InChI is InChI=1S/C16H24N2O2S/c17-15-11-16(12-15)21(19,20)18-8-6-14(7-9-18)10-13-4-2-1-3-5-13/h1-5,14-16H,6-12,17H2. The van der Waals surface area contributed by atoms with Gasteiger partial charge in [0.25, 0.3) is 0 Å². The molecule has 1 aliphatic carbocycles. The van der Waals surface area contributed by atoms with Crippen LogP contribution in [0.25, 0.3) is 0 Å². The first-order chi connectivity index (χ1) is 10.1. The molecule has 4 nitrogen and oxygen atoms in total. The third kappa shape index (κ3) is 3.30. The number of rotatable bonds is 4. The fourth-order valence-electron chi connectivity index (χ4n) is 3.38. The maximum atomic E-state index is 12.4. The highest BCUT2D eigenvalue weighted by molar-refractivity contribution is 7.89. The van der Waals surface area contributed by atoms with Crippen LogP contribution >= 0.6 is 0 Å². The van der Waals surface area contributed by atoms with Crippen molar-refractivity contribution in [2.45, 2.75) is 43.4 Å². The number of piperidine rings is 1. The van der Waals surface area contributed by atoms with Crippen molar-refractivity contribution in [3.05, 3.63) is 35.9 Å². The molecule has 1 aromatic rings. The van der Waals surface area contributed by atoms with Crippen LogP contribution in [-0.2, 0) is 16.4 Å². The minimum absolute atomic E-state index is 0.0837. The van der Waals surface area contributed by atoms with E-state index in [-0.39, 0.29) is 11.3 Å². The van der Waals surface area contributed by atoms with E-state index in [1.807, 2.05) is 6.07 Å². The summed E-state index contributed by atoms with van der Waals surface area (Å²) in [5, 5.41) is -0.224. The van der Waals surface area contributed by atoms with Gasteiger partial charge in [-0.3, -0.25) is 0 Å². The van der Waals surface area contributed by atoms with Crippen molar-refractivity contribution in [1.82, 2.24) is 4.31 Å². The molecule has 1 saturated carbocycles. The number of nitrogens with two attached hydrogens (primary N) is 1. The van der Waals surface area contributed by atoms with Crippen LogP contribution in [0.15, 0.2) is 30.3 Å². The molecular formula is C16H24N2O2S. The van der Waals surface area contributed by atoms with Gasteiger partial charge in [-0.05, 0) is 43.6 Å². The van der Waals surface area contributed by atoms with Crippen molar-refractivity contribution < 1.29 is 8.42 Å². The van der Waals surface area contributed by atoms with Gasteiger partial charge < -0.3 is 5.73 Å². The fourth-order valence-corrected chi connectivity index (χ4v) is 5.50. The Morgan fingerprint density at radius 3 is 2.29 bits per heavy atom. The van der Waals surface area contributed by atoms with Gasteiger partial charge in [0, 0.05) is 19.1 Å². The molecule has 0 unspecified atom stereocenters. The first-order valence-corrected chi connectivity index (χ1v) is 9.34. The lowest BCUT2D eigenvalue weighted by molar-refractivity contribution is 0.263. The molecule has 116 valence electrons. The topological polar surface area (TPSA) is 63.4 Å². The van der Waals surface area contributed by atoms with Crippen molar-refractivity contribution in [3.63, 3.8) is 0 Å². The number of nitrogens with zero attached hydrogens (tertiary/aromatic N) is 1. The van der Waals surface area contributed by atoms with Gasteiger partial charge in [-0.2, -0.15) is 0 Å². The summed E-state index contributed by atoms with van der Waals surface area (Å²) in [6, 6.07) is 10.5. The van der Waals surface area contributed by atoms with Gasteiger partial charge in [-0.25, -0.2) is 12.7 Å². The quantitative estimate of drug-likeness (QED) is 0.922. The molecule has 2 fully saturated rings. The summed E-state index contributed by atoms with van der Waals surface area (Å²) < 4.78 is 26.6. The fraction of sp³-hybridized carbons (Fsp3) is 0.625. The number of benzene rings is 1. The number of sulfonamides is 1. The molecule has 1 saturated heterocycles. The molecule has 0 amide bonds. The zero-order valence-corrected chi connectivity index (χ0v) is 13.1. The van der Waals surface area contributed by atoms with Gasteiger partial charge in [0.1, 0.15) is 0 Å². The van der Waals surface area contributed by atoms with Crippen molar-refractivity contribution >= 4 is 10.0 Å². The first kappa shape index (κ1) is 15.0. The second kappa shape index (κ2) is 6.07. The zero-order chi connectivity index (χ0) is 14.9. The summed E-state index contributed by atoms with van der Waals surface area (Å²) in [5.74, 6) is 0.600. The highest BCUT2D eigenvalue weighted by Crippen LogP contribution is 2.31. The Labute approximate surface area is 127 Å². The predicted octanol–water partition coefficient (Wildman–Crippen LogP) is 1.76. The Morgan fingerprint density at radius 2 is 1.71 bits per heavy atom. The van der Waals surface area contributed by atoms with E-state index in [0.717, 1.165) is 19.3 Å². The molecule has 1 aromatic carbocycles. The monoisotopic (exact) mass is 308 g/mol. The van der Waals surface area contributed by atoms with Crippen LogP contribution in [0, 0.1) is 5.92 Å². The molecule has 0 bridgehead atoms. The number of hydrogen-bond acceptors (Lipinski definition) is 3. The van der Waals surface area contributed by atoms with Crippen LogP contribution in [0.1, 0.15) is 31.2 Å². The van der Waals surface area contributed by atoms with Crippen molar-refractivity contribution in [2.75, 3.05) is 13.1 Å². The van der Waals surface area contributed by atoms with Crippen molar-refractivity contribution in [1.29, 1.82) is 0 Å². The van der Waals surface area contributed by atoms with Crippen LogP contribution in [0.2, 0.25) is 0 Å². The van der Waals surface area contributed by atoms with E-state index in [1.165, 1.54) is 5.56 Å². The molecule has 0 spiro atoms. The Morgan fingerprint density at radius 1 is 1.10 bits per heavy atom. The largest absolute Gasteiger partial charge is 0.328 e. The van der Waals surface area contributed by atoms with E-state index in [2.05, 4.69) is 24.3 Å². The molecule has 1 heterocycles. The van der Waals surface area contributed by atoms with Gasteiger partial charge in [0.15, 0.2) is 0 Å². The second-order valence-corrected chi connectivity index (χ2v) is 8.64. The summed E-state index contributed by atoms with van der Waals surface area (Å²) in [6.45, 7) is 1.34. The van der Waals surface area contributed by atoms with Gasteiger partial charge in [-0.15, -0.1) is 0 Å². The molecule has 0 radical (unpaired) electrons. The van der Waals surface area contributed by atoms with E-state index in [1.54, 1.807) is 4.31 Å². The van der Waals surface area contributed by atoms with Gasteiger partial charge in [0.05, 0.1) is 5.25 Å². The summed E-state index contributed by atoms with van der Waals surface area (Å²) >= 11 is 0. The molecule has 0 aromatic heterocycles. The van der Waals surface area contributed by atoms with E-state index in [9.17, 15) is 8.42 Å². The normalized spacial score (nSPS) is 28.2. The molecule has 2 aliphatic rings. The Bertz CT molecular complexity index is 559. The van der Waals surface area contributed by atoms with Crippen LogP contribution in [0.3, 0.4) is 0 Å². The van der Waals surface area contributed by atoms with Gasteiger partial charge in [-0.1, -0.05) is 30.3 Å². The lowest BCUT2D eigenvalue weighted by Crippen LogP contribution is -2.51. The van der Waals surface area contributed by atoms with Crippen LogP contribution in [0.5, 0.6) is 0 Å². The Hall–Kier alpha value is -0.910. The number of hydrogen-bond donors (Lipinski definition) is 1. The van der Waals surface area contributed by atoms with E-state index in [4.69, 9.17) is 5.73 Å². The average Bonchev–Trinajstić information content (AvgIpc) is 2.45. The molecule has 3 rings (SSSR count). The molecule has 2 N–H and O–H groups in total. The SMILES string of the molecule is NC1CC(S(=O)(=O)N2CCC(Cc3ccccc3)CC2)C1. The lowest BCUT2D eigenvalue weighted by atomic mass is 9.91. The summed E-state index contributed by atoms with van der Waals surface area (Å²) in [5.41, 5.74) is 7.07. The second-order valence-electron chi connectivity index (χ2n) is 6.43. The minimum Gasteiger partial charge on any atom is -0.328 e. The summed E-state index contributed by atoms with van der Waals surface area (Å²) in [6.07, 6.45) is 4.25. The Balaban J connectivity index is 1.53. The predicted molar refractivity (Wildman–Crippen MR) is 84.4 cm³/mol. The maximum Gasteiger partial charge on any atom is 0.217 e. The van der Waals surface area contributed by atoms with Crippen LogP contribution < -0.4 is 5.73 Å². The Kier molecular flexibility index (Phi) is 4.33. The highest BCUT2D eigenvalue weighted by atomic mass is 32.2. The van der Waals surface area contributed by atoms with Gasteiger partial charge >= 0.3 is 0 Å². The lowest BCUT2D eigenvalue weighted by Gasteiger charge is -2.38. The maximum absolute atomic E-state index is 12.4. The average molecular weight is 308 g/mol. The smallest absolute Gasteiger partial charge is 0.217 e. The van der Waals surface area contributed by atoms with E-state index < -0.39 is 10.0 Å². The molecule has 5 heteroatoms. The summed E-state index contributed by atoms with van der Waals surface area (Å²) in [7, 11) is -3.10. The molecular weight excluding hydrogens is 284 g/mol. The van der Waals surface area contributed by atoms with Crippen LogP contribution in [-0.4, -0.2) is 37.1 Å². The zero-order valence-electron chi connectivity index (χ0n) is 12.3. The van der Waals surface area contributed by atoms with Gasteiger partial charge in [0.2, 0.25) is 10.0 Å². The van der Waals surface area contributed by atoms with Crippen molar-refractivity contribution in [3.8, 4) is 0 Å². The van der Waals surface area contributed by atoms with E-state index in [0.29, 0.717) is 31.8 Å².